The summed E-state index contributed by atoms with van der Waals surface area (Å²) >= 11 is 0. The molecule has 0 atom stereocenters. The second-order valence-electron chi connectivity index (χ2n) is 5.04. The Morgan fingerprint density at radius 2 is 1.14 bits per heavy atom. The van der Waals surface area contributed by atoms with E-state index in [1.165, 1.54) is 0 Å². The van der Waals surface area contributed by atoms with Crippen molar-refractivity contribution < 1.29 is 63.9 Å². The minimum atomic E-state index is -0.00638. The van der Waals surface area contributed by atoms with Crippen LogP contribution in [0.15, 0.2) is 36.4 Å². The van der Waals surface area contributed by atoms with Crippen LogP contribution in [0.5, 0.6) is 0 Å². The van der Waals surface area contributed by atoms with Gasteiger partial charge in [-0.15, -0.1) is 12.1 Å². The average Bonchev–Trinajstić information content (AvgIpc) is 2.46. The van der Waals surface area contributed by atoms with Crippen molar-refractivity contribution in [3.8, 4) is 0 Å². The van der Waals surface area contributed by atoms with Crippen LogP contribution in [0.4, 0.5) is 11.4 Å². The van der Waals surface area contributed by atoms with Gasteiger partial charge in [0.2, 0.25) is 0 Å². The van der Waals surface area contributed by atoms with E-state index in [1.807, 2.05) is 62.3 Å². The summed E-state index contributed by atoms with van der Waals surface area (Å²) in [6, 6.07) is 17.1. The Hall–Kier alpha value is -0.290. The number of benzene rings is 2. The molecule has 0 aliphatic heterocycles. The molecule has 0 unspecified atom stereocenters. The molecule has 5 heteroatoms. The van der Waals surface area contributed by atoms with Gasteiger partial charge in [-0.3, -0.25) is 0 Å². The molecule has 0 bridgehead atoms. The maximum atomic E-state index is 12.3. The molecule has 0 saturated heterocycles. The van der Waals surface area contributed by atoms with E-state index in [0.717, 1.165) is 11.4 Å². The van der Waals surface area contributed by atoms with Crippen molar-refractivity contribution in [2.24, 2.45) is 0 Å². The van der Waals surface area contributed by atoms with E-state index in [2.05, 4.69) is 12.1 Å². The number of carbonyl (C=O) groups is 1. The fourth-order valence-electron chi connectivity index (χ4n) is 1.84. The minimum absolute atomic E-state index is 0. The van der Waals surface area contributed by atoms with Crippen LogP contribution in [0.3, 0.4) is 0 Å². The molecule has 0 amide bonds. The van der Waals surface area contributed by atoms with Gasteiger partial charge in [-0.25, -0.2) is 0 Å². The summed E-state index contributed by atoms with van der Waals surface area (Å²) in [6.07, 6.45) is 0. The van der Waals surface area contributed by atoms with E-state index in [-0.39, 0.29) is 64.9 Å². The second-order valence-corrected chi connectivity index (χ2v) is 5.04. The zero-order valence-electron chi connectivity index (χ0n) is 14.3. The summed E-state index contributed by atoms with van der Waals surface area (Å²) in [5.74, 6) is -0.00638. The van der Waals surface area contributed by atoms with Crippen molar-refractivity contribution in [2.75, 3.05) is 38.0 Å². The van der Waals surface area contributed by atoms with Gasteiger partial charge in [0.05, 0.1) is 5.78 Å². The van der Waals surface area contributed by atoms with Gasteiger partial charge in [0.15, 0.2) is 0 Å². The van der Waals surface area contributed by atoms with Crippen LogP contribution in [0, 0.1) is 12.1 Å². The topological polar surface area (TPSA) is 23.6 Å². The fourth-order valence-corrected chi connectivity index (χ4v) is 1.84. The van der Waals surface area contributed by atoms with E-state index in [1.54, 1.807) is 12.1 Å². The molecular formula is C17H18N2Na2O. The van der Waals surface area contributed by atoms with Crippen molar-refractivity contribution in [3.63, 3.8) is 0 Å². The van der Waals surface area contributed by atoms with E-state index < -0.39 is 0 Å². The third kappa shape index (κ3) is 5.41. The monoisotopic (exact) mass is 312 g/mol. The SMILES string of the molecule is CN(C)c1[c-]cc(C(=O)c2c[c-]c(N(C)C)cc2)cc1.[Na+].[Na+]. The zero-order valence-corrected chi connectivity index (χ0v) is 18.3. The number of ketones is 1. The van der Waals surface area contributed by atoms with Crippen LogP contribution in [0.25, 0.3) is 0 Å². The van der Waals surface area contributed by atoms with Gasteiger partial charge < -0.3 is 14.6 Å². The molecule has 3 nitrogen and oxygen atoms in total. The van der Waals surface area contributed by atoms with Crippen LogP contribution in [-0.4, -0.2) is 34.0 Å². The van der Waals surface area contributed by atoms with Gasteiger partial charge in [-0.05, 0) is 0 Å². The van der Waals surface area contributed by atoms with Gasteiger partial charge >= 0.3 is 59.1 Å². The van der Waals surface area contributed by atoms with Crippen molar-refractivity contribution in [2.45, 2.75) is 0 Å². The van der Waals surface area contributed by atoms with E-state index in [4.69, 9.17) is 0 Å². The summed E-state index contributed by atoms with van der Waals surface area (Å²) in [7, 11) is 7.79. The van der Waals surface area contributed by atoms with Crippen molar-refractivity contribution >= 4 is 17.2 Å². The van der Waals surface area contributed by atoms with Gasteiger partial charge in [0.25, 0.3) is 0 Å². The first-order valence-corrected chi connectivity index (χ1v) is 6.42. The molecule has 104 valence electrons. The average molecular weight is 312 g/mol. The zero-order chi connectivity index (χ0) is 14.7. The third-order valence-corrected chi connectivity index (χ3v) is 3.08. The number of rotatable bonds is 4. The molecule has 0 saturated carbocycles. The Morgan fingerprint density at radius 3 is 1.36 bits per heavy atom. The van der Waals surface area contributed by atoms with Crippen molar-refractivity contribution in [1.29, 1.82) is 0 Å². The molecule has 2 aromatic carbocycles. The molecule has 0 spiro atoms. The first-order chi connectivity index (χ1) is 9.49. The number of anilines is 2. The molecule has 0 heterocycles. The second kappa shape index (κ2) is 9.76. The predicted octanol–water partition coefficient (Wildman–Crippen LogP) is -3.34. The Labute approximate surface area is 177 Å². The molecular weight excluding hydrogens is 294 g/mol. The third-order valence-electron chi connectivity index (χ3n) is 3.08. The molecule has 2 aromatic rings. The molecule has 0 fully saturated rings. The number of nitrogens with zero attached hydrogens (tertiary/aromatic N) is 2. The molecule has 2 rings (SSSR count). The molecule has 0 N–H and O–H groups in total. The minimum Gasteiger partial charge on any atom is -0.400 e. The Balaban J connectivity index is 0.00000220. The normalized spacial score (nSPS) is 9.27. The molecule has 22 heavy (non-hydrogen) atoms. The Kier molecular flexibility index (Phi) is 9.63. The van der Waals surface area contributed by atoms with E-state index >= 15 is 0 Å². The van der Waals surface area contributed by atoms with Crippen LogP contribution in [0.1, 0.15) is 15.9 Å². The summed E-state index contributed by atoms with van der Waals surface area (Å²) in [6.45, 7) is 0. The van der Waals surface area contributed by atoms with E-state index in [0.29, 0.717) is 11.1 Å². The van der Waals surface area contributed by atoms with Gasteiger partial charge in [0, 0.05) is 28.2 Å². The molecule has 0 aliphatic rings. The molecule has 0 aromatic heterocycles. The number of hydrogen-bond donors (Lipinski definition) is 0. The first kappa shape index (κ1) is 21.7. The Morgan fingerprint density at radius 1 is 0.773 bits per heavy atom. The maximum absolute atomic E-state index is 12.3. The summed E-state index contributed by atoms with van der Waals surface area (Å²) < 4.78 is 0. The number of carbonyl (C=O) groups excluding carboxylic acids is 1. The first-order valence-electron chi connectivity index (χ1n) is 6.42. The number of hydrogen-bond acceptors (Lipinski definition) is 3. The van der Waals surface area contributed by atoms with E-state index in [9.17, 15) is 4.79 Å². The smallest absolute Gasteiger partial charge is 0.400 e. The Bertz CT molecular complexity index is 540. The van der Waals surface area contributed by atoms with Crippen LogP contribution in [-0.2, 0) is 0 Å². The quantitative estimate of drug-likeness (QED) is 0.335. The maximum Gasteiger partial charge on any atom is 1.00 e. The largest absolute Gasteiger partial charge is 1.00 e. The van der Waals surface area contributed by atoms with Gasteiger partial charge in [-0.1, -0.05) is 22.5 Å². The van der Waals surface area contributed by atoms with Crippen LogP contribution < -0.4 is 68.9 Å². The van der Waals surface area contributed by atoms with Gasteiger partial charge in [0.1, 0.15) is 0 Å². The molecule has 0 aliphatic carbocycles. The molecule has 0 radical (unpaired) electrons. The summed E-state index contributed by atoms with van der Waals surface area (Å²) in [5.41, 5.74) is 3.19. The standard InChI is InChI=1S/C17H18N2O.2Na/c1-18(2)15-9-5-13(6-10-15)17(20)14-7-11-16(12-8-14)19(3)4;;/h5-9,11H,1-4H3;;/q-2;2*+1. The summed E-state index contributed by atoms with van der Waals surface area (Å²) in [5, 5.41) is 0. The predicted molar refractivity (Wildman–Crippen MR) is 82.6 cm³/mol. The summed E-state index contributed by atoms with van der Waals surface area (Å²) in [4.78, 5) is 16.2. The van der Waals surface area contributed by atoms with Gasteiger partial charge in [-0.2, -0.15) is 36.4 Å². The van der Waals surface area contributed by atoms with Crippen LogP contribution >= 0.6 is 0 Å². The van der Waals surface area contributed by atoms with Crippen molar-refractivity contribution in [3.05, 3.63) is 59.7 Å². The van der Waals surface area contributed by atoms with Crippen molar-refractivity contribution in [1.82, 2.24) is 0 Å². The van der Waals surface area contributed by atoms with Crippen LogP contribution in [0.2, 0.25) is 0 Å². The fraction of sp³-hybridized carbons (Fsp3) is 0.235.